The summed E-state index contributed by atoms with van der Waals surface area (Å²) in [5, 5.41) is 0. The van der Waals surface area contributed by atoms with Gasteiger partial charge in [0.15, 0.2) is 0 Å². The van der Waals surface area contributed by atoms with E-state index in [0.29, 0.717) is 31.3 Å². The monoisotopic (exact) mass is 223 g/mol. The molecule has 0 rings (SSSR count). The Balaban J connectivity index is 3.27. The zero-order valence-electron chi connectivity index (χ0n) is 9.03. The average Bonchev–Trinajstić information content (AvgIpc) is 2.17. The summed E-state index contributed by atoms with van der Waals surface area (Å²) >= 11 is 0. The van der Waals surface area contributed by atoms with Crippen LogP contribution in [0.25, 0.3) is 0 Å². The van der Waals surface area contributed by atoms with Crippen LogP contribution < -0.4 is 5.73 Å². The maximum Gasteiger partial charge on any atom is 0.0700 e. The molecule has 0 aromatic carbocycles. The van der Waals surface area contributed by atoms with E-state index in [-0.39, 0.29) is 6.04 Å². The number of ether oxygens (including phenoxy) is 2. The Morgan fingerprint density at radius 1 is 1.36 bits per heavy atom. The van der Waals surface area contributed by atoms with Crippen LogP contribution in [-0.4, -0.2) is 48.7 Å². The van der Waals surface area contributed by atoms with Crippen molar-refractivity contribution < 1.29 is 13.7 Å². The van der Waals surface area contributed by atoms with Gasteiger partial charge in [0, 0.05) is 35.5 Å². The molecule has 2 atom stereocenters. The van der Waals surface area contributed by atoms with Gasteiger partial charge in [-0.3, -0.25) is 4.21 Å². The lowest BCUT2D eigenvalue weighted by atomic mass is 10.3. The number of hydrogen-bond acceptors (Lipinski definition) is 4. The van der Waals surface area contributed by atoms with E-state index in [1.165, 1.54) is 0 Å². The molecule has 2 unspecified atom stereocenters. The van der Waals surface area contributed by atoms with Gasteiger partial charge in [-0.05, 0) is 6.42 Å². The Morgan fingerprint density at radius 3 is 2.64 bits per heavy atom. The smallest absolute Gasteiger partial charge is 0.0700 e. The Kier molecular flexibility index (Phi) is 9.60. The molecular formula is C9H21NO3S. The zero-order valence-corrected chi connectivity index (χ0v) is 9.85. The minimum atomic E-state index is -0.846. The first-order chi connectivity index (χ1) is 6.70. The largest absolute Gasteiger partial charge is 0.382 e. The van der Waals surface area contributed by atoms with Gasteiger partial charge in [-0.25, -0.2) is 0 Å². The van der Waals surface area contributed by atoms with Crippen LogP contribution >= 0.6 is 0 Å². The van der Waals surface area contributed by atoms with Crippen LogP contribution in [0, 0.1) is 0 Å². The van der Waals surface area contributed by atoms with E-state index in [2.05, 4.69) is 0 Å². The second-order valence-electron chi connectivity index (χ2n) is 3.08. The van der Waals surface area contributed by atoms with Crippen molar-refractivity contribution >= 4 is 10.8 Å². The SMILES string of the molecule is CCC(N)CS(=O)CCOCCOC. The lowest BCUT2D eigenvalue weighted by molar-refractivity contribution is 0.0787. The van der Waals surface area contributed by atoms with Crippen molar-refractivity contribution in [3.8, 4) is 0 Å². The quantitative estimate of drug-likeness (QED) is 0.565. The molecule has 0 amide bonds. The fraction of sp³-hybridized carbons (Fsp3) is 1.00. The molecule has 0 aromatic rings. The molecule has 0 aliphatic carbocycles. The second-order valence-corrected chi connectivity index (χ2v) is 4.71. The lowest BCUT2D eigenvalue weighted by Gasteiger charge is -2.08. The highest BCUT2D eigenvalue weighted by molar-refractivity contribution is 7.85. The molecule has 0 bridgehead atoms. The Bertz CT molecular complexity index is 155. The summed E-state index contributed by atoms with van der Waals surface area (Å²) in [5.41, 5.74) is 5.67. The molecular weight excluding hydrogens is 202 g/mol. The second kappa shape index (κ2) is 9.58. The standard InChI is InChI=1S/C9H21NO3S/c1-3-9(10)8-14(11)7-6-13-5-4-12-2/h9H,3-8,10H2,1-2H3. The highest BCUT2D eigenvalue weighted by Crippen LogP contribution is 1.92. The molecule has 0 aliphatic rings. The number of rotatable bonds is 9. The molecule has 0 saturated carbocycles. The number of nitrogens with two attached hydrogens (primary N) is 1. The van der Waals surface area contributed by atoms with Gasteiger partial charge in [0.25, 0.3) is 0 Å². The highest BCUT2D eigenvalue weighted by atomic mass is 32.2. The minimum absolute atomic E-state index is 0.0507. The molecule has 5 heteroatoms. The first-order valence-electron chi connectivity index (χ1n) is 4.88. The molecule has 2 N–H and O–H groups in total. The third-order valence-corrected chi connectivity index (χ3v) is 3.23. The van der Waals surface area contributed by atoms with Gasteiger partial charge in [-0.15, -0.1) is 0 Å². The van der Waals surface area contributed by atoms with E-state index < -0.39 is 10.8 Å². The zero-order chi connectivity index (χ0) is 10.8. The topological polar surface area (TPSA) is 61.6 Å². The summed E-state index contributed by atoms with van der Waals surface area (Å²) in [5.74, 6) is 1.14. The van der Waals surface area contributed by atoms with Crippen LogP contribution in [-0.2, 0) is 20.3 Å². The highest BCUT2D eigenvalue weighted by Gasteiger charge is 2.05. The van der Waals surface area contributed by atoms with Crippen molar-refractivity contribution in [1.29, 1.82) is 0 Å². The van der Waals surface area contributed by atoms with E-state index in [9.17, 15) is 4.21 Å². The summed E-state index contributed by atoms with van der Waals surface area (Å²) in [4.78, 5) is 0. The van der Waals surface area contributed by atoms with Crippen LogP contribution in [0.1, 0.15) is 13.3 Å². The van der Waals surface area contributed by atoms with E-state index in [0.717, 1.165) is 6.42 Å². The van der Waals surface area contributed by atoms with Gasteiger partial charge in [0.1, 0.15) is 0 Å². The summed E-state index contributed by atoms with van der Waals surface area (Å²) in [6.45, 7) is 3.66. The predicted molar refractivity (Wildman–Crippen MR) is 58.8 cm³/mol. The summed E-state index contributed by atoms with van der Waals surface area (Å²) in [7, 11) is 0.781. The van der Waals surface area contributed by atoms with E-state index >= 15 is 0 Å². The van der Waals surface area contributed by atoms with Crippen molar-refractivity contribution in [1.82, 2.24) is 0 Å². The third kappa shape index (κ3) is 8.62. The van der Waals surface area contributed by atoms with Crippen molar-refractivity contribution in [2.45, 2.75) is 19.4 Å². The number of methoxy groups -OCH3 is 1. The first kappa shape index (κ1) is 14.0. The van der Waals surface area contributed by atoms with Crippen LogP contribution in [0.2, 0.25) is 0 Å². The molecule has 0 saturated heterocycles. The fourth-order valence-electron chi connectivity index (χ4n) is 0.836. The predicted octanol–water partition coefficient (Wildman–Crippen LogP) is 0.135. The third-order valence-electron chi connectivity index (χ3n) is 1.81. The average molecular weight is 223 g/mol. The van der Waals surface area contributed by atoms with E-state index in [1.807, 2.05) is 6.92 Å². The molecule has 86 valence electrons. The van der Waals surface area contributed by atoms with Crippen LogP contribution in [0.3, 0.4) is 0 Å². The molecule has 0 aliphatic heterocycles. The fourth-order valence-corrected chi connectivity index (χ4v) is 2.02. The Hall–Kier alpha value is 0.0300. The number of hydrogen-bond donors (Lipinski definition) is 1. The summed E-state index contributed by atoms with van der Waals surface area (Å²) in [6, 6.07) is 0.0507. The van der Waals surface area contributed by atoms with Gasteiger partial charge in [-0.2, -0.15) is 0 Å². The van der Waals surface area contributed by atoms with Gasteiger partial charge in [-0.1, -0.05) is 6.92 Å². The van der Waals surface area contributed by atoms with Crippen LogP contribution in [0.5, 0.6) is 0 Å². The molecule has 14 heavy (non-hydrogen) atoms. The summed E-state index contributed by atoms with van der Waals surface area (Å²) < 4.78 is 21.4. The molecule has 0 fully saturated rings. The van der Waals surface area contributed by atoms with E-state index in [1.54, 1.807) is 7.11 Å². The van der Waals surface area contributed by atoms with E-state index in [4.69, 9.17) is 15.2 Å². The Labute approximate surface area is 88.6 Å². The Morgan fingerprint density at radius 2 is 2.07 bits per heavy atom. The molecule has 0 radical (unpaired) electrons. The van der Waals surface area contributed by atoms with Crippen molar-refractivity contribution in [2.24, 2.45) is 5.73 Å². The van der Waals surface area contributed by atoms with Crippen molar-refractivity contribution in [3.63, 3.8) is 0 Å². The maximum atomic E-state index is 11.4. The molecule has 4 nitrogen and oxygen atoms in total. The van der Waals surface area contributed by atoms with Gasteiger partial charge in [0.2, 0.25) is 0 Å². The first-order valence-corrected chi connectivity index (χ1v) is 6.36. The van der Waals surface area contributed by atoms with Gasteiger partial charge >= 0.3 is 0 Å². The summed E-state index contributed by atoms with van der Waals surface area (Å²) in [6.07, 6.45) is 0.871. The minimum Gasteiger partial charge on any atom is -0.382 e. The molecule has 0 aromatic heterocycles. The maximum absolute atomic E-state index is 11.4. The normalized spacial score (nSPS) is 15.4. The van der Waals surface area contributed by atoms with Crippen molar-refractivity contribution in [2.75, 3.05) is 38.4 Å². The lowest BCUT2D eigenvalue weighted by Crippen LogP contribution is -2.27. The van der Waals surface area contributed by atoms with Crippen LogP contribution in [0.4, 0.5) is 0 Å². The van der Waals surface area contributed by atoms with Crippen LogP contribution in [0.15, 0.2) is 0 Å². The molecule has 0 spiro atoms. The van der Waals surface area contributed by atoms with Gasteiger partial charge < -0.3 is 15.2 Å². The van der Waals surface area contributed by atoms with Gasteiger partial charge in [0.05, 0.1) is 19.8 Å². The molecule has 0 heterocycles. The van der Waals surface area contributed by atoms with Crippen molar-refractivity contribution in [3.05, 3.63) is 0 Å².